The van der Waals surface area contributed by atoms with Crippen LogP contribution in [0.25, 0.3) is 0 Å². The van der Waals surface area contributed by atoms with Crippen LogP contribution in [0.2, 0.25) is 0 Å². The highest BCUT2D eigenvalue weighted by Gasteiger charge is 2.20. The van der Waals surface area contributed by atoms with Gasteiger partial charge in [-0.1, -0.05) is 13.8 Å². The van der Waals surface area contributed by atoms with Crippen LogP contribution < -0.4 is 11.4 Å². The van der Waals surface area contributed by atoms with Gasteiger partial charge in [-0.2, -0.15) is 0 Å². The number of carboxylic acids is 1. The van der Waals surface area contributed by atoms with E-state index in [-0.39, 0.29) is 6.42 Å². The summed E-state index contributed by atoms with van der Waals surface area (Å²) >= 11 is 0. The summed E-state index contributed by atoms with van der Waals surface area (Å²) in [5.74, 6) is -2.06. The Morgan fingerprint density at radius 1 is 1.50 bits per heavy atom. The van der Waals surface area contributed by atoms with Gasteiger partial charge in [0, 0.05) is 6.20 Å². The molecule has 1 aromatic rings. The number of aromatic nitrogens is 1. The van der Waals surface area contributed by atoms with Crippen molar-refractivity contribution >= 4 is 5.97 Å². The fourth-order valence-corrected chi connectivity index (χ4v) is 1.41. The van der Waals surface area contributed by atoms with Crippen molar-refractivity contribution in [1.29, 1.82) is 0 Å². The van der Waals surface area contributed by atoms with Crippen LogP contribution in [0.5, 0.6) is 0 Å². The summed E-state index contributed by atoms with van der Waals surface area (Å²) in [7, 11) is 0. The third-order valence-electron chi connectivity index (χ3n) is 2.34. The topological polar surface area (TPSA) is 89.5 Å². The normalized spacial score (nSPS) is 12.4. The van der Waals surface area contributed by atoms with E-state index in [1.165, 1.54) is 6.20 Å². The molecule has 0 radical (unpaired) electrons. The predicted octanol–water partition coefficient (Wildman–Crippen LogP) is 0.400. The van der Waals surface area contributed by atoms with Gasteiger partial charge in [0.2, 0.25) is 0 Å². The minimum absolute atomic E-state index is 0.242. The van der Waals surface area contributed by atoms with E-state index in [2.05, 4.69) is 4.42 Å². The molecule has 1 rings (SSSR count). The van der Waals surface area contributed by atoms with Gasteiger partial charge >= 0.3 is 17.4 Å². The fourth-order valence-electron chi connectivity index (χ4n) is 1.41. The molecule has 6 heteroatoms. The maximum absolute atomic E-state index is 11.3. The molecule has 0 aromatic carbocycles. The fraction of sp³-hybridized carbons (Fsp3) is 0.500. The molecular formula is C10H13NO5. The molecule has 0 fully saturated rings. The van der Waals surface area contributed by atoms with E-state index in [4.69, 9.17) is 5.11 Å². The van der Waals surface area contributed by atoms with Crippen molar-refractivity contribution in [3.8, 4) is 0 Å². The second-order valence-corrected chi connectivity index (χ2v) is 3.33. The van der Waals surface area contributed by atoms with Crippen LogP contribution in [0.15, 0.2) is 20.2 Å². The van der Waals surface area contributed by atoms with Gasteiger partial charge in [0.1, 0.15) is 6.04 Å². The lowest BCUT2D eigenvalue weighted by Crippen LogP contribution is -2.32. The van der Waals surface area contributed by atoms with Crippen molar-refractivity contribution in [2.45, 2.75) is 32.7 Å². The summed E-state index contributed by atoms with van der Waals surface area (Å²) in [6.45, 7) is 3.37. The maximum atomic E-state index is 11.3. The Kier molecular flexibility index (Phi) is 3.65. The number of aryl methyl sites for hydroxylation is 1. The zero-order chi connectivity index (χ0) is 12.3. The largest absolute Gasteiger partial charge is 0.480 e. The molecule has 0 aliphatic heterocycles. The van der Waals surface area contributed by atoms with Crippen LogP contribution in [-0.2, 0) is 11.2 Å². The van der Waals surface area contributed by atoms with Gasteiger partial charge in [-0.25, -0.2) is 14.4 Å². The van der Waals surface area contributed by atoms with E-state index in [1.807, 2.05) is 0 Å². The molecule has 0 aliphatic rings. The van der Waals surface area contributed by atoms with Crippen molar-refractivity contribution in [3.05, 3.63) is 32.7 Å². The number of carbonyl (C=O) groups is 1. The first-order chi connectivity index (χ1) is 7.51. The molecule has 1 heterocycles. The molecule has 1 N–H and O–H groups in total. The minimum atomic E-state index is -1.12. The summed E-state index contributed by atoms with van der Waals surface area (Å²) in [5.41, 5.74) is -0.414. The molecule has 1 aromatic heterocycles. The molecule has 0 saturated carbocycles. The maximum Gasteiger partial charge on any atom is 0.422 e. The van der Waals surface area contributed by atoms with Gasteiger partial charge in [-0.3, -0.25) is 4.57 Å². The summed E-state index contributed by atoms with van der Waals surface area (Å²) in [6, 6.07) is -0.998. The molecule has 1 unspecified atom stereocenters. The van der Waals surface area contributed by atoms with Crippen LogP contribution >= 0.6 is 0 Å². The van der Waals surface area contributed by atoms with Crippen LogP contribution in [0.3, 0.4) is 0 Å². The van der Waals surface area contributed by atoms with Crippen molar-refractivity contribution in [2.75, 3.05) is 0 Å². The van der Waals surface area contributed by atoms with E-state index < -0.39 is 23.4 Å². The van der Waals surface area contributed by atoms with Crippen molar-refractivity contribution in [3.63, 3.8) is 0 Å². The Balaban J connectivity index is 3.38. The number of aliphatic carboxylic acids is 1. The van der Waals surface area contributed by atoms with Crippen molar-refractivity contribution in [2.24, 2.45) is 0 Å². The van der Waals surface area contributed by atoms with E-state index in [1.54, 1.807) is 13.8 Å². The number of hydrogen-bond donors (Lipinski definition) is 1. The Morgan fingerprint density at radius 3 is 2.56 bits per heavy atom. The Morgan fingerprint density at radius 2 is 2.12 bits per heavy atom. The van der Waals surface area contributed by atoms with E-state index in [0.29, 0.717) is 12.0 Å². The van der Waals surface area contributed by atoms with Gasteiger partial charge in [-0.05, 0) is 12.8 Å². The molecular weight excluding hydrogens is 214 g/mol. The molecule has 6 nitrogen and oxygen atoms in total. The first kappa shape index (κ1) is 12.2. The number of carboxylic acid groups (broad SMARTS) is 1. The van der Waals surface area contributed by atoms with Gasteiger partial charge in [0.25, 0.3) is 0 Å². The van der Waals surface area contributed by atoms with Crippen LogP contribution in [0, 0.1) is 0 Å². The average Bonchev–Trinajstić information content (AvgIpc) is 2.21. The second-order valence-electron chi connectivity index (χ2n) is 3.33. The third-order valence-corrected chi connectivity index (χ3v) is 2.34. The summed E-state index contributed by atoms with van der Waals surface area (Å²) in [6.07, 6.45) is 1.89. The second kappa shape index (κ2) is 4.78. The first-order valence-electron chi connectivity index (χ1n) is 4.99. The lowest BCUT2D eigenvalue weighted by molar-refractivity contribution is -0.141. The van der Waals surface area contributed by atoms with Gasteiger partial charge in [0.05, 0.1) is 5.56 Å². The highest BCUT2D eigenvalue weighted by Crippen LogP contribution is 2.08. The van der Waals surface area contributed by atoms with Crippen LogP contribution in [0.4, 0.5) is 0 Å². The lowest BCUT2D eigenvalue weighted by atomic mass is 10.2. The van der Waals surface area contributed by atoms with Gasteiger partial charge in [-0.15, -0.1) is 0 Å². The number of rotatable bonds is 4. The highest BCUT2D eigenvalue weighted by atomic mass is 16.4. The summed E-state index contributed by atoms with van der Waals surface area (Å²) < 4.78 is 5.40. The van der Waals surface area contributed by atoms with Crippen molar-refractivity contribution < 1.29 is 14.3 Å². The molecule has 88 valence electrons. The Labute approximate surface area is 91.1 Å². The lowest BCUT2D eigenvalue weighted by Gasteiger charge is -2.12. The summed E-state index contributed by atoms with van der Waals surface area (Å²) in [5, 5.41) is 8.90. The third kappa shape index (κ3) is 2.21. The monoisotopic (exact) mass is 227 g/mol. The average molecular weight is 227 g/mol. The Bertz CT molecular complexity index is 499. The first-order valence-corrected chi connectivity index (χ1v) is 4.99. The molecule has 0 spiro atoms. The quantitative estimate of drug-likeness (QED) is 0.804. The van der Waals surface area contributed by atoms with Gasteiger partial charge in [0.15, 0.2) is 0 Å². The molecule has 0 bridgehead atoms. The zero-order valence-electron chi connectivity index (χ0n) is 9.10. The Hall–Kier alpha value is -1.85. The minimum Gasteiger partial charge on any atom is -0.480 e. The smallest absolute Gasteiger partial charge is 0.422 e. The van der Waals surface area contributed by atoms with Crippen LogP contribution in [0.1, 0.15) is 31.9 Å². The van der Waals surface area contributed by atoms with E-state index in [9.17, 15) is 14.4 Å². The SMILES string of the molecule is CCc1cn(C(CC)C(=O)O)c(=O)oc1=O. The summed E-state index contributed by atoms with van der Waals surface area (Å²) in [4.78, 5) is 33.4. The highest BCUT2D eigenvalue weighted by molar-refractivity contribution is 5.71. The molecule has 1 atom stereocenters. The molecule has 0 saturated heterocycles. The zero-order valence-corrected chi connectivity index (χ0v) is 9.10. The van der Waals surface area contributed by atoms with Crippen molar-refractivity contribution in [1.82, 2.24) is 4.57 Å². The predicted molar refractivity (Wildman–Crippen MR) is 55.6 cm³/mol. The number of hydrogen-bond acceptors (Lipinski definition) is 4. The van der Waals surface area contributed by atoms with Crippen LogP contribution in [-0.4, -0.2) is 15.6 Å². The van der Waals surface area contributed by atoms with Gasteiger partial charge < -0.3 is 9.52 Å². The molecule has 0 aliphatic carbocycles. The number of nitrogens with zero attached hydrogens (tertiary/aromatic N) is 1. The molecule has 16 heavy (non-hydrogen) atoms. The molecule has 0 amide bonds. The van der Waals surface area contributed by atoms with E-state index in [0.717, 1.165) is 4.57 Å². The standard InChI is InChI=1S/C10H13NO5/c1-3-6-5-11(7(4-2)8(12)13)10(15)16-9(6)14/h5,7H,3-4H2,1-2H3,(H,12,13). The van der Waals surface area contributed by atoms with E-state index >= 15 is 0 Å².